The summed E-state index contributed by atoms with van der Waals surface area (Å²) in [4.78, 5) is 4.81. The van der Waals surface area contributed by atoms with Crippen LogP contribution in [0.1, 0.15) is 107 Å². The van der Waals surface area contributed by atoms with E-state index in [2.05, 4.69) is 77.4 Å². The molecule has 0 amide bonds. The van der Waals surface area contributed by atoms with E-state index in [0.29, 0.717) is 16.2 Å². The van der Waals surface area contributed by atoms with Crippen molar-refractivity contribution in [2.24, 2.45) is 16.2 Å². The van der Waals surface area contributed by atoms with Crippen molar-refractivity contribution in [1.82, 2.24) is 15.1 Å². The molecule has 0 aromatic rings. The summed E-state index contributed by atoms with van der Waals surface area (Å²) in [6.45, 7) is 46.4. The molecule has 3 fully saturated rings. The van der Waals surface area contributed by atoms with Gasteiger partial charge in [-0.15, -0.1) is 13.1 Å². The second-order valence-electron chi connectivity index (χ2n) is 11.4. The standard InChI is InChI=1S/2C11H20N.C9H17N.C3H7.2CH4.CH3.48Ar.K.6Y.H/c2*1-4-11(5-2)7-9-12(6-3)10-8-11;1-3-9(4-2)5-7-10-8-6-9;1-3-2;;;;;;;;;;;;;;;;;;;;;;;;;;;;;;;;;;;;;;;;;;;;;;;;;;;;;;;;;;;/h2*1-10H2;10H,1-8H2;1,3H2,2H3;2*1H4;1H3;;;;;;;;;;;;;;;;;;;;;;;;;;;;;;;;;;;;;;;;;;;;;;;;;;;;;;;;/q2*-3;-2;-1;;;-1;;;;;;;;;;;;;;;;;;;;;;;;;;;;;;;;;;;;;;;;;;;;;;;;;+1;;;;;;;-1. The van der Waals surface area contributed by atoms with Crippen LogP contribution in [0.25, 0.3) is 0 Å². The third-order valence-electron chi connectivity index (χ3n) is 9.31. The fourth-order valence-corrected chi connectivity index (χ4v) is 5.33. The number of rotatable bonds is 8. The van der Waals surface area contributed by atoms with Crippen LogP contribution in [0.3, 0.4) is 0 Å². The minimum Gasteiger partial charge on any atom is -1.00 e. The molecule has 3 saturated heterocycles. The fourth-order valence-electron chi connectivity index (χ4n) is 5.33. The Kier molecular flexibility index (Phi) is 1350. The molecule has 0 spiro atoms. The number of hydrogen-bond donors (Lipinski definition) is 1. The number of nitrogens with one attached hydrogen (secondary N) is 1. The van der Waals surface area contributed by atoms with Crippen molar-refractivity contribution in [3.05, 3.63) is 69.7 Å². The average Bonchev–Trinajstić information content (AvgIpc) is 2.98. The molecule has 3 nitrogen and oxygen atoms in total. The molecule has 95 heavy (non-hydrogen) atoms. The van der Waals surface area contributed by atoms with Crippen LogP contribution >= 0.6 is 0 Å². The van der Waals surface area contributed by atoms with Crippen molar-refractivity contribution < 1.29 is 2060 Å². The molecule has 652 valence electrons. The van der Waals surface area contributed by atoms with Crippen LogP contribution in [0, 0.1) is 1900 Å². The fraction of sp³-hybridized carbons (Fsp3) is 0.730. The Bertz CT molecular complexity index is 581. The summed E-state index contributed by atoms with van der Waals surface area (Å²) in [6.07, 6.45) is 14.8. The van der Waals surface area contributed by atoms with Crippen molar-refractivity contribution in [3.63, 3.8) is 0 Å². The van der Waals surface area contributed by atoms with Gasteiger partial charge in [-0.25, -0.2) is 0 Å². The van der Waals surface area contributed by atoms with Gasteiger partial charge in [0.05, 0.1) is 0 Å². The van der Waals surface area contributed by atoms with Gasteiger partial charge in [-0.1, -0.05) is 38.0 Å². The predicted molar refractivity (Wildman–Crippen MR) is 188 cm³/mol. The molecule has 0 aliphatic carbocycles. The predicted octanol–water partition coefficient (Wildman–Crippen LogP) is 6.56. The zero-order valence-corrected chi connectivity index (χ0v) is 102. The summed E-state index contributed by atoms with van der Waals surface area (Å²) < 4.78 is 0. The monoisotopic (exact) mass is 3050 g/mol. The van der Waals surface area contributed by atoms with Crippen LogP contribution in [0.4, 0.5) is 0 Å². The summed E-state index contributed by atoms with van der Waals surface area (Å²) in [6, 6.07) is 0. The van der Waals surface area contributed by atoms with Gasteiger partial charge in [0.2, 0.25) is 0 Å². The minimum absolute atomic E-state index is 0. The van der Waals surface area contributed by atoms with Crippen LogP contribution in [0.15, 0.2) is 0 Å². The quantitative estimate of drug-likeness (QED) is 0.220. The van der Waals surface area contributed by atoms with Gasteiger partial charge in [0.25, 0.3) is 0 Å². The second-order valence-corrected chi connectivity index (χ2v) is 11.4. The molecule has 3 rings (SSSR count). The molecule has 3 aliphatic rings. The van der Waals surface area contributed by atoms with Gasteiger partial charge in [-0.3, -0.25) is 0 Å². The molecule has 58 heteroatoms. The maximum Gasteiger partial charge on any atom is 1.00 e. The minimum atomic E-state index is 0. The van der Waals surface area contributed by atoms with Crippen LogP contribution in [-0.2, 0) is 196 Å². The Morgan fingerprint density at radius 2 is 0.347 bits per heavy atom. The zero-order chi connectivity index (χ0) is 28.2. The smallest absolute Gasteiger partial charge is 1.00 e. The van der Waals surface area contributed by atoms with E-state index >= 15 is 0 Å². The largest absolute Gasteiger partial charge is 1.00 e. The SMILES string of the molecule is C.C.[Ar].[Ar].[Ar].[Ar].[Ar].[Ar].[Ar].[Ar].[Ar].[Ar].[Ar].[Ar].[Ar].[Ar].[Ar].[Ar].[Ar].[Ar].[Ar].[Ar].[Ar].[Ar].[Ar].[Ar].[Ar].[Ar].[Ar].[Ar].[Ar].[Ar].[Ar].[Ar].[Ar].[Ar].[Ar].[Ar].[Ar].[Ar].[Ar].[Ar].[Ar].[Ar].[Ar].[Ar].[Ar].[Ar].[Ar].[Ar].[CH2-]CC.[CH2-]CC1(C[CH2-])CCNCC1.[CH2-]CN1CCC(C[CH2-])(C[CH2-])CC1.[CH2-]CN1CCC(C[CH2-])(C[CH2-])CC1.[CH3-].[H-].[K+].[Y].[Y].[Y].[Y].[Y].[Y]. The van der Waals surface area contributed by atoms with Gasteiger partial charge < -0.3 is 86.3 Å². The number of likely N-dealkylation sites (tertiary alicyclic amines) is 2. The van der Waals surface area contributed by atoms with Crippen LogP contribution in [-0.4, -0.2) is 62.2 Å². The molecule has 0 aromatic heterocycles. The Morgan fingerprint density at radius 1 is 0.253 bits per heavy atom. The Hall–Kier alpha value is 68.6. The molecule has 3 aliphatic heterocycles. The van der Waals surface area contributed by atoms with E-state index in [0.717, 1.165) is 71.1 Å². The molecule has 3 heterocycles. The van der Waals surface area contributed by atoms with Crippen molar-refractivity contribution in [2.75, 3.05) is 52.4 Å². The van der Waals surface area contributed by atoms with Gasteiger partial charge in [0.15, 0.2) is 0 Å². The summed E-state index contributed by atoms with van der Waals surface area (Å²) in [5, 5.41) is 3.35. The summed E-state index contributed by atoms with van der Waals surface area (Å²) in [7, 11) is 0. The molecule has 0 atom stereocenters. The molecule has 1 N–H and O–H groups in total. The number of piperidine rings is 3. The number of hydrogen-bond acceptors (Lipinski definition) is 3. The molecule has 0 bridgehead atoms. The first-order valence-corrected chi connectivity index (χ1v) is 15.1. The van der Waals surface area contributed by atoms with E-state index in [1.54, 1.807) is 0 Å². The van der Waals surface area contributed by atoms with E-state index in [4.69, 9.17) is 0 Å². The van der Waals surface area contributed by atoms with Crippen molar-refractivity contribution in [2.45, 2.75) is 105 Å². The van der Waals surface area contributed by atoms with Crippen molar-refractivity contribution in [3.8, 4) is 0 Å². The van der Waals surface area contributed by atoms with Crippen molar-refractivity contribution >= 4 is 0 Å². The molecule has 6 radical (unpaired) electrons. The summed E-state index contributed by atoms with van der Waals surface area (Å²) in [5.41, 5.74) is 1.38. The third kappa shape index (κ3) is 270. The van der Waals surface area contributed by atoms with Crippen LogP contribution < -0.4 is 56.7 Å². The number of nitrogens with zero attached hydrogens (tertiary/aromatic N) is 2. The molecule has 0 unspecified atom stereocenters. The topological polar surface area (TPSA) is 18.5 Å². The maximum atomic E-state index is 4.03. The van der Waals surface area contributed by atoms with E-state index in [9.17, 15) is 0 Å². The van der Waals surface area contributed by atoms with Gasteiger partial charge >= 0.3 is 51.4 Å². The molecular weight excluding hydrogens is 2980 g/mol. The zero-order valence-electron chi connectivity index (χ0n) is 48.5. The Labute approximate surface area is 2230 Å². The molecule has 0 aromatic carbocycles. The van der Waals surface area contributed by atoms with Crippen molar-refractivity contribution in [1.29, 1.82) is 0 Å². The average molecular weight is 3050 g/mol. The first kappa shape index (κ1) is 395. The van der Waals surface area contributed by atoms with Crippen LogP contribution in [0.5, 0.6) is 0 Å². The van der Waals surface area contributed by atoms with Gasteiger partial charge in [-0.2, -0.15) is 44.9 Å². The normalized spacial score (nSPS) is 8.91. The first-order chi connectivity index (χ1) is 17.8. The Morgan fingerprint density at radius 3 is 0.421 bits per heavy atom. The summed E-state index contributed by atoms with van der Waals surface area (Å²) in [5.74, 6) is 0. The summed E-state index contributed by atoms with van der Waals surface area (Å²) >= 11 is 0. The van der Waals surface area contributed by atoms with Crippen LogP contribution in [0.2, 0.25) is 0 Å². The maximum absolute atomic E-state index is 4.03. The van der Waals surface area contributed by atoms with E-state index in [1.165, 1.54) is 64.7 Å². The van der Waals surface area contributed by atoms with E-state index < -0.39 is 0 Å². The molecule has 0 saturated carbocycles. The first-order valence-electron chi connectivity index (χ1n) is 15.1. The van der Waals surface area contributed by atoms with E-state index in [-0.39, 0.29) is 2080 Å². The second kappa shape index (κ2) is 323. The van der Waals surface area contributed by atoms with Gasteiger partial charge in [0, 0.05) is 2010 Å². The third-order valence-corrected chi connectivity index (χ3v) is 9.31. The van der Waals surface area contributed by atoms with Gasteiger partial charge in [0.1, 0.15) is 0 Å². The molecular formula is C37H76Ar48KN3Y6-10. The van der Waals surface area contributed by atoms with Gasteiger partial charge in [-0.05, 0) is 77.8 Å². The van der Waals surface area contributed by atoms with E-state index in [1.807, 2.05) is 6.92 Å². The Balaban J connectivity index is -0.00000000263.